The van der Waals surface area contributed by atoms with Crippen molar-refractivity contribution in [3.63, 3.8) is 0 Å². The van der Waals surface area contributed by atoms with Crippen molar-refractivity contribution in [2.24, 2.45) is 0 Å². The van der Waals surface area contributed by atoms with E-state index in [9.17, 15) is 10.1 Å². The second-order valence-corrected chi connectivity index (χ2v) is 3.97. The Balaban J connectivity index is 2.14. The third-order valence-electron chi connectivity index (χ3n) is 2.55. The van der Waals surface area contributed by atoms with Crippen molar-refractivity contribution < 1.29 is 4.92 Å². The molecule has 0 saturated carbocycles. The van der Waals surface area contributed by atoms with Crippen molar-refractivity contribution in [2.75, 3.05) is 0 Å². The fourth-order valence-electron chi connectivity index (χ4n) is 1.82. The van der Waals surface area contributed by atoms with Crippen molar-refractivity contribution in [1.29, 1.82) is 0 Å². The number of hydrogen-bond donors (Lipinski definition) is 0. The number of nitro groups is 1. The van der Waals surface area contributed by atoms with Crippen LogP contribution in [0.15, 0.2) is 54.6 Å². The summed E-state index contributed by atoms with van der Waals surface area (Å²) >= 11 is 0. The quantitative estimate of drug-likeness (QED) is 0.595. The van der Waals surface area contributed by atoms with Gasteiger partial charge in [0.25, 0.3) is 0 Å². The molecule has 0 aromatic heterocycles. The Bertz CT molecular complexity index is 509. The van der Waals surface area contributed by atoms with Crippen LogP contribution >= 0.6 is 0 Å². The van der Waals surface area contributed by atoms with Gasteiger partial charge in [0.15, 0.2) is 0 Å². The highest BCUT2D eigenvalue weighted by molar-refractivity contribution is 5.29. The van der Waals surface area contributed by atoms with Gasteiger partial charge >= 0.3 is 0 Å². The molecule has 0 amide bonds. The molecule has 2 rings (SSSR count). The Morgan fingerprint density at radius 2 is 1.53 bits per heavy atom. The first-order chi connectivity index (χ1) is 8.24. The fraction of sp³-hybridized carbons (Fsp3) is 0.143. The molecule has 0 spiro atoms. The molecule has 0 fully saturated rings. The first kappa shape index (κ1) is 11.3. The maximum Gasteiger partial charge on any atom is 0.228 e. The van der Waals surface area contributed by atoms with Gasteiger partial charge in [-0.15, -0.1) is 0 Å². The van der Waals surface area contributed by atoms with Crippen molar-refractivity contribution >= 4 is 0 Å². The Hall–Kier alpha value is -2.16. The standard InChI is InChI=1S/C14H13NO2/c16-15(17)11-14-8-4-7-13(10-14)9-12-5-2-1-3-6-12/h1-8,10H,9,11H2. The molecule has 86 valence electrons. The highest BCUT2D eigenvalue weighted by atomic mass is 16.6. The van der Waals surface area contributed by atoms with Gasteiger partial charge in [-0.2, -0.15) is 0 Å². The van der Waals surface area contributed by atoms with Gasteiger partial charge in [-0.1, -0.05) is 48.5 Å². The van der Waals surface area contributed by atoms with E-state index in [2.05, 4.69) is 12.1 Å². The molecule has 2 aromatic rings. The van der Waals surface area contributed by atoms with Gasteiger partial charge in [-0.3, -0.25) is 10.1 Å². The lowest BCUT2D eigenvalue weighted by molar-refractivity contribution is -0.496. The van der Waals surface area contributed by atoms with E-state index in [4.69, 9.17) is 0 Å². The van der Waals surface area contributed by atoms with Gasteiger partial charge in [0.1, 0.15) is 0 Å². The van der Waals surface area contributed by atoms with Crippen molar-refractivity contribution in [3.05, 3.63) is 81.4 Å². The predicted molar refractivity (Wildman–Crippen MR) is 66.4 cm³/mol. The Morgan fingerprint density at radius 1 is 0.882 bits per heavy atom. The Morgan fingerprint density at radius 3 is 2.24 bits per heavy atom. The summed E-state index contributed by atoms with van der Waals surface area (Å²) in [5.74, 6) is 0. The minimum Gasteiger partial charge on any atom is -0.264 e. The van der Waals surface area contributed by atoms with Gasteiger partial charge in [0.05, 0.1) is 0 Å². The normalized spacial score (nSPS) is 10.1. The number of hydrogen-bond acceptors (Lipinski definition) is 2. The zero-order chi connectivity index (χ0) is 12.1. The van der Waals surface area contributed by atoms with Gasteiger partial charge < -0.3 is 0 Å². The topological polar surface area (TPSA) is 43.1 Å². The highest BCUT2D eigenvalue weighted by Crippen LogP contribution is 2.11. The van der Waals surface area contributed by atoms with Crippen LogP contribution in [0.5, 0.6) is 0 Å². The summed E-state index contributed by atoms with van der Waals surface area (Å²) < 4.78 is 0. The average molecular weight is 227 g/mol. The summed E-state index contributed by atoms with van der Waals surface area (Å²) in [5.41, 5.74) is 3.07. The van der Waals surface area contributed by atoms with Crippen LogP contribution in [-0.4, -0.2) is 4.92 Å². The van der Waals surface area contributed by atoms with Crippen LogP contribution in [0.2, 0.25) is 0 Å². The molecule has 0 saturated heterocycles. The second kappa shape index (κ2) is 5.25. The molecule has 0 heterocycles. The van der Waals surface area contributed by atoms with E-state index in [1.807, 2.05) is 36.4 Å². The van der Waals surface area contributed by atoms with Gasteiger partial charge in [0.2, 0.25) is 6.54 Å². The molecular formula is C14H13NO2. The van der Waals surface area contributed by atoms with Crippen molar-refractivity contribution in [1.82, 2.24) is 0 Å². The molecule has 2 aromatic carbocycles. The summed E-state index contributed by atoms with van der Waals surface area (Å²) in [4.78, 5) is 10.1. The molecule has 0 N–H and O–H groups in total. The van der Waals surface area contributed by atoms with Crippen LogP contribution < -0.4 is 0 Å². The van der Waals surface area contributed by atoms with Crippen LogP contribution in [0.4, 0.5) is 0 Å². The zero-order valence-corrected chi connectivity index (χ0v) is 9.37. The zero-order valence-electron chi connectivity index (χ0n) is 9.37. The minimum absolute atomic E-state index is 0.109. The summed E-state index contributed by atoms with van der Waals surface area (Å²) in [6.07, 6.45) is 0.812. The Labute approximate surface area is 99.9 Å². The summed E-state index contributed by atoms with van der Waals surface area (Å²) in [6.45, 7) is -0.109. The first-order valence-corrected chi connectivity index (χ1v) is 5.47. The van der Waals surface area contributed by atoms with Crippen LogP contribution in [0.3, 0.4) is 0 Å². The summed E-state index contributed by atoms with van der Waals surface area (Å²) in [7, 11) is 0. The van der Waals surface area contributed by atoms with Gasteiger partial charge in [-0.25, -0.2) is 0 Å². The van der Waals surface area contributed by atoms with Crippen molar-refractivity contribution in [3.8, 4) is 0 Å². The number of nitrogens with zero attached hydrogens (tertiary/aromatic N) is 1. The highest BCUT2D eigenvalue weighted by Gasteiger charge is 2.02. The van der Waals surface area contributed by atoms with Crippen LogP contribution in [0, 0.1) is 10.1 Å². The molecule has 0 atom stereocenters. The molecule has 17 heavy (non-hydrogen) atoms. The van der Waals surface area contributed by atoms with E-state index in [1.54, 1.807) is 6.07 Å². The molecule has 3 heteroatoms. The molecule has 0 aliphatic carbocycles. The largest absolute Gasteiger partial charge is 0.264 e. The van der Waals surface area contributed by atoms with Gasteiger partial charge in [0, 0.05) is 10.5 Å². The smallest absolute Gasteiger partial charge is 0.228 e. The lowest BCUT2D eigenvalue weighted by atomic mass is 10.0. The summed E-state index contributed by atoms with van der Waals surface area (Å²) in [5, 5.41) is 10.4. The van der Waals surface area contributed by atoms with Crippen LogP contribution in [0.1, 0.15) is 16.7 Å². The fourth-order valence-corrected chi connectivity index (χ4v) is 1.82. The van der Waals surface area contributed by atoms with Gasteiger partial charge in [-0.05, 0) is 23.6 Å². The minimum atomic E-state index is -0.304. The first-order valence-electron chi connectivity index (χ1n) is 5.47. The third-order valence-corrected chi connectivity index (χ3v) is 2.55. The maximum atomic E-state index is 10.4. The van der Waals surface area contributed by atoms with Crippen LogP contribution in [-0.2, 0) is 13.0 Å². The Kier molecular flexibility index (Phi) is 3.50. The van der Waals surface area contributed by atoms with E-state index in [0.29, 0.717) is 0 Å². The lowest BCUT2D eigenvalue weighted by Gasteiger charge is -2.03. The van der Waals surface area contributed by atoms with Crippen LogP contribution in [0.25, 0.3) is 0 Å². The monoisotopic (exact) mass is 227 g/mol. The summed E-state index contributed by atoms with van der Waals surface area (Å²) in [6, 6.07) is 17.6. The molecule has 0 bridgehead atoms. The number of rotatable bonds is 4. The predicted octanol–water partition coefficient (Wildman–Crippen LogP) is 3.05. The lowest BCUT2D eigenvalue weighted by Crippen LogP contribution is -1.99. The molecule has 0 aliphatic heterocycles. The van der Waals surface area contributed by atoms with E-state index in [1.165, 1.54) is 5.56 Å². The molecular weight excluding hydrogens is 214 g/mol. The maximum absolute atomic E-state index is 10.4. The molecule has 0 unspecified atom stereocenters. The molecule has 0 radical (unpaired) electrons. The molecule has 3 nitrogen and oxygen atoms in total. The van der Waals surface area contributed by atoms with E-state index >= 15 is 0 Å². The van der Waals surface area contributed by atoms with E-state index < -0.39 is 0 Å². The average Bonchev–Trinajstić information content (AvgIpc) is 2.30. The van der Waals surface area contributed by atoms with E-state index in [-0.39, 0.29) is 11.5 Å². The van der Waals surface area contributed by atoms with Crippen molar-refractivity contribution in [2.45, 2.75) is 13.0 Å². The SMILES string of the molecule is O=[N+]([O-])Cc1cccc(Cc2ccccc2)c1. The third kappa shape index (κ3) is 3.41. The van der Waals surface area contributed by atoms with E-state index in [0.717, 1.165) is 17.5 Å². The molecule has 0 aliphatic rings. The second-order valence-electron chi connectivity index (χ2n) is 3.97. The number of benzene rings is 2.